The third-order valence-electron chi connectivity index (χ3n) is 6.25. The van der Waals surface area contributed by atoms with Crippen LogP contribution in [-0.2, 0) is 23.4 Å². The minimum Gasteiger partial charge on any atom is -0.464 e. The van der Waals surface area contributed by atoms with Gasteiger partial charge in [-0.25, -0.2) is 24.1 Å². The number of hydrogen-bond acceptors (Lipinski definition) is 12. The molecule has 14 nitrogen and oxygen atoms in total. The summed E-state index contributed by atoms with van der Waals surface area (Å²) in [5.41, 5.74) is 3.95. The second-order valence-electron chi connectivity index (χ2n) is 10.9. The third-order valence-corrected chi connectivity index (χ3v) is 7.95. The number of imidazole rings is 1. The summed E-state index contributed by atoms with van der Waals surface area (Å²) in [5.74, 6) is -0.0271. The monoisotopic (exact) mass is 578 g/mol. The van der Waals surface area contributed by atoms with Gasteiger partial charge in [0.25, 0.3) is 0 Å². The van der Waals surface area contributed by atoms with Gasteiger partial charge in [-0.15, -0.1) is 0 Å². The molecule has 0 saturated carbocycles. The zero-order chi connectivity index (χ0) is 29.3. The maximum absolute atomic E-state index is 13.8. The Morgan fingerprint density at radius 2 is 2.00 bits per heavy atom. The molecule has 2 aromatic heterocycles. The van der Waals surface area contributed by atoms with Gasteiger partial charge in [0.15, 0.2) is 11.5 Å². The molecule has 40 heavy (non-hydrogen) atoms. The van der Waals surface area contributed by atoms with E-state index in [1.54, 1.807) is 58.0 Å². The van der Waals surface area contributed by atoms with Crippen molar-refractivity contribution < 1.29 is 38.1 Å². The Morgan fingerprint density at radius 1 is 1.30 bits per heavy atom. The number of esters is 1. The highest BCUT2D eigenvalue weighted by atomic mass is 31.2. The second kappa shape index (κ2) is 11.4. The first kappa shape index (κ1) is 29.8. The lowest BCUT2D eigenvalue weighted by Gasteiger charge is -2.27. The number of aliphatic hydroxyl groups excluding tert-OH is 1. The van der Waals surface area contributed by atoms with E-state index < -0.39 is 55.7 Å². The second-order valence-corrected chi connectivity index (χ2v) is 12.6. The van der Waals surface area contributed by atoms with Crippen molar-refractivity contribution >= 4 is 25.2 Å². The van der Waals surface area contributed by atoms with Crippen molar-refractivity contribution in [2.24, 2.45) is 5.41 Å². The minimum absolute atomic E-state index is 0.0970. The first-order chi connectivity index (χ1) is 18.7. The van der Waals surface area contributed by atoms with Gasteiger partial charge in [0.05, 0.1) is 23.9 Å². The number of nitrogens with one attached hydrogen (secondary N) is 1. The largest absolute Gasteiger partial charge is 0.464 e. The molecule has 0 amide bonds. The fraction of sp³-hybridized carbons (Fsp3) is 0.520. The SMILES string of the molecule is C[C@@H](COC(=O)C(C)(C)C)NP(=O)(OC[C@H]1O[C@@H](c2cnc3c(N)ncnn23)[C@](C)(O)[C@@H]1O)Oc1ccccc1. The van der Waals surface area contributed by atoms with Crippen LogP contribution in [0.3, 0.4) is 0 Å². The van der Waals surface area contributed by atoms with Crippen molar-refractivity contribution in [2.75, 3.05) is 18.9 Å². The van der Waals surface area contributed by atoms with E-state index in [9.17, 15) is 19.6 Å². The molecule has 218 valence electrons. The van der Waals surface area contributed by atoms with Crippen LogP contribution in [-0.4, -0.2) is 72.8 Å². The van der Waals surface area contributed by atoms with Crippen molar-refractivity contribution in [1.29, 1.82) is 0 Å². The van der Waals surface area contributed by atoms with Crippen molar-refractivity contribution in [3.63, 3.8) is 0 Å². The standard InChI is InChI=1S/C25H35N6O8P/c1-15(12-36-23(33)24(2,3)4)30-40(35,39-16-9-7-6-8-10-16)37-13-18-19(32)25(5,34)20(38-18)17-11-27-22-21(26)28-14-29-31(17)22/h6-11,14-15,18-20,32,34H,12-13H2,1-5H3,(H,30,35)(H2,26,28,29)/t15-,18+,19+,20-,25+,40?/m0/s1. The van der Waals surface area contributed by atoms with Crippen molar-refractivity contribution in [1.82, 2.24) is 24.7 Å². The van der Waals surface area contributed by atoms with Gasteiger partial charge >= 0.3 is 13.7 Å². The van der Waals surface area contributed by atoms with Gasteiger partial charge in [-0.1, -0.05) is 18.2 Å². The molecule has 1 unspecified atom stereocenters. The maximum Gasteiger partial charge on any atom is 0.459 e. The molecule has 0 aliphatic carbocycles. The van der Waals surface area contributed by atoms with E-state index in [0.29, 0.717) is 5.69 Å². The number of nitrogens with zero attached hydrogens (tertiary/aromatic N) is 4. The van der Waals surface area contributed by atoms with Gasteiger partial charge in [0.1, 0.15) is 42.6 Å². The number of benzene rings is 1. The number of fused-ring (bicyclic) bond motifs is 1. The first-order valence-electron chi connectivity index (χ1n) is 12.7. The Bertz CT molecular complexity index is 1380. The first-order valence-corrected chi connectivity index (χ1v) is 14.2. The predicted octanol–water partition coefficient (Wildman–Crippen LogP) is 2.03. The van der Waals surface area contributed by atoms with Crippen LogP contribution in [0.5, 0.6) is 5.75 Å². The number of carbonyl (C=O) groups is 1. The maximum atomic E-state index is 13.8. The van der Waals surface area contributed by atoms with Gasteiger partial charge in [0.2, 0.25) is 0 Å². The summed E-state index contributed by atoms with van der Waals surface area (Å²) < 4.78 is 37.9. The molecular weight excluding hydrogens is 543 g/mol. The van der Waals surface area contributed by atoms with Gasteiger partial charge in [-0.2, -0.15) is 5.10 Å². The van der Waals surface area contributed by atoms with E-state index in [2.05, 4.69) is 20.2 Å². The van der Waals surface area contributed by atoms with Gasteiger partial charge in [-0.3, -0.25) is 9.32 Å². The lowest BCUT2D eigenvalue weighted by Crippen LogP contribution is -2.43. The van der Waals surface area contributed by atoms with E-state index in [-0.39, 0.29) is 23.8 Å². The number of ether oxygens (including phenoxy) is 2. The minimum atomic E-state index is -4.11. The molecule has 1 fully saturated rings. The third kappa shape index (κ3) is 6.43. The van der Waals surface area contributed by atoms with E-state index in [1.165, 1.54) is 24.0 Å². The van der Waals surface area contributed by atoms with Crippen LogP contribution in [0.15, 0.2) is 42.9 Å². The number of aromatic nitrogens is 4. The number of carbonyl (C=O) groups excluding carboxylic acids is 1. The predicted molar refractivity (Wildman–Crippen MR) is 143 cm³/mol. The Kier molecular flexibility index (Phi) is 8.50. The molecule has 3 aromatic rings. The molecule has 4 rings (SSSR count). The van der Waals surface area contributed by atoms with Gasteiger partial charge in [-0.05, 0) is 46.8 Å². The van der Waals surface area contributed by atoms with Crippen molar-refractivity contribution in [2.45, 2.75) is 64.6 Å². The molecule has 0 spiro atoms. The molecule has 0 radical (unpaired) electrons. The van der Waals surface area contributed by atoms with Gasteiger partial charge < -0.3 is 29.9 Å². The molecule has 1 aliphatic rings. The molecule has 3 heterocycles. The van der Waals surface area contributed by atoms with Crippen LogP contribution in [0.25, 0.3) is 5.65 Å². The molecule has 5 N–H and O–H groups in total. The van der Waals surface area contributed by atoms with Gasteiger partial charge in [0, 0.05) is 6.04 Å². The van der Waals surface area contributed by atoms with Crippen molar-refractivity contribution in [3.8, 4) is 5.75 Å². The summed E-state index contributed by atoms with van der Waals surface area (Å²) in [5, 5.41) is 29.0. The van der Waals surface area contributed by atoms with Crippen LogP contribution in [0.1, 0.15) is 46.4 Å². The highest BCUT2D eigenvalue weighted by Crippen LogP contribution is 2.47. The van der Waals surface area contributed by atoms with E-state index >= 15 is 0 Å². The summed E-state index contributed by atoms with van der Waals surface area (Å²) in [6.45, 7) is 7.71. The normalized spacial score (nSPS) is 25.4. The van der Waals surface area contributed by atoms with E-state index in [1.807, 2.05) is 0 Å². The lowest BCUT2D eigenvalue weighted by molar-refractivity contribution is -0.153. The highest BCUT2D eigenvalue weighted by Gasteiger charge is 2.54. The Morgan fingerprint density at radius 3 is 2.67 bits per heavy atom. The number of anilines is 1. The molecule has 6 atom stereocenters. The number of aliphatic hydroxyl groups is 2. The molecule has 0 bridgehead atoms. The fourth-order valence-corrected chi connectivity index (χ4v) is 5.59. The molecule has 1 aromatic carbocycles. The molecule has 1 aliphatic heterocycles. The topological polar surface area (TPSA) is 193 Å². The van der Waals surface area contributed by atoms with E-state index in [4.69, 9.17) is 24.3 Å². The Hall–Kier alpha value is -3.13. The number of hydrogen-bond donors (Lipinski definition) is 4. The lowest BCUT2D eigenvalue weighted by atomic mass is 9.91. The Labute approximate surface area is 231 Å². The number of nitrogens with two attached hydrogens (primary N) is 1. The number of nitrogen functional groups attached to an aromatic ring is 1. The van der Waals surface area contributed by atoms with Crippen LogP contribution in [0.4, 0.5) is 5.82 Å². The van der Waals surface area contributed by atoms with Crippen LogP contribution in [0, 0.1) is 5.41 Å². The Balaban J connectivity index is 1.50. The van der Waals surface area contributed by atoms with Crippen molar-refractivity contribution in [3.05, 3.63) is 48.5 Å². The average Bonchev–Trinajstić information content (AvgIpc) is 3.40. The smallest absolute Gasteiger partial charge is 0.459 e. The average molecular weight is 579 g/mol. The summed E-state index contributed by atoms with van der Waals surface area (Å²) in [6.07, 6.45) is -0.998. The summed E-state index contributed by atoms with van der Waals surface area (Å²) in [7, 11) is -4.11. The van der Waals surface area contributed by atoms with Crippen LogP contribution >= 0.6 is 7.75 Å². The summed E-state index contributed by atoms with van der Waals surface area (Å²) >= 11 is 0. The zero-order valence-corrected chi connectivity index (χ0v) is 23.8. The number of rotatable bonds is 10. The van der Waals surface area contributed by atoms with Crippen LogP contribution in [0.2, 0.25) is 0 Å². The number of para-hydroxylation sites is 1. The molecular formula is C25H35N6O8P. The van der Waals surface area contributed by atoms with Crippen LogP contribution < -0.4 is 15.3 Å². The summed E-state index contributed by atoms with van der Waals surface area (Å²) in [4.78, 5) is 20.3. The highest BCUT2D eigenvalue weighted by molar-refractivity contribution is 7.52. The zero-order valence-electron chi connectivity index (χ0n) is 22.9. The molecule has 15 heteroatoms. The van der Waals surface area contributed by atoms with E-state index in [0.717, 1.165) is 0 Å². The summed E-state index contributed by atoms with van der Waals surface area (Å²) in [6, 6.07) is 7.74. The molecule has 1 saturated heterocycles. The fourth-order valence-electron chi connectivity index (χ4n) is 4.06. The quantitative estimate of drug-likeness (QED) is 0.202.